The fraction of sp³-hybridized carbons (Fsp3) is 0.593. The smallest absolute Gasteiger partial charge is 0.246 e. The van der Waals surface area contributed by atoms with Gasteiger partial charge in [-0.2, -0.15) is 0 Å². The Hall–Kier alpha value is -3.39. The molecule has 0 unspecified atom stereocenters. The zero-order valence-corrected chi connectivity index (χ0v) is 22.7. The summed E-state index contributed by atoms with van der Waals surface area (Å²) in [6.07, 6.45) is 2.95. The van der Waals surface area contributed by atoms with Crippen molar-refractivity contribution in [2.24, 2.45) is 0 Å². The number of carbonyl (C=O) groups is 3. The Labute approximate surface area is 233 Å². The molecule has 0 radical (unpaired) electrons. The molecule has 1 aromatic carbocycles. The number of nitrogens with one attached hydrogen (secondary N) is 3. The lowest BCUT2D eigenvalue weighted by atomic mass is 9.83. The third-order valence-electron chi connectivity index (χ3n) is 7.10. The number of amides is 3. The number of aliphatic hydroxyl groups is 1. The van der Waals surface area contributed by atoms with Gasteiger partial charge >= 0.3 is 0 Å². The third kappa shape index (κ3) is 9.08. The highest BCUT2D eigenvalue weighted by Crippen LogP contribution is 2.27. The van der Waals surface area contributed by atoms with Crippen molar-refractivity contribution in [3.05, 3.63) is 47.8 Å². The normalized spacial score (nSPS) is 21.9. The second-order valence-corrected chi connectivity index (χ2v) is 10.2. The van der Waals surface area contributed by atoms with Crippen LogP contribution < -0.4 is 16.0 Å². The summed E-state index contributed by atoms with van der Waals surface area (Å²) in [4.78, 5) is 41.6. The molecular formula is C27H39N7O6. The van der Waals surface area contributed by atoms with Gasteiger partial charge in [0.05, 0.1) is 44.2 Å². The van der Waals surface area contributed by atoms with E-state index < -0.39 is 11.6 Å². The highest BCUT2D eigenvalue weighted by Gasteiger charge is 2.39. The van der Waals surface area contributed by atoms with E-state index >= 15 is 0 Å². The summed E-state index contributed by atoms with van der Waals surface area (Å²) in [7, 11) is 0. The maximum absolute atomic E-state index is 13.4. The van der Waals surface area contributed by atoms with Crippen LogP contribution in [0.2, 0.25) is 0 Å². The van der Waals surface area contributed by atoms with Crippen LogP contribution in [0.25, 0.3) is 0 Å². The minimum atomic E-state index is -0.895. The van der Waals surface area contributed by atoms with E-state index in [1.807, 2.05) is 18.2 Å². The number of piperidine rings is 1. The first kappa shape index (κ1) is 29.6. The summed E-state index contributed by atoms with van der Waals surface area (Å²) in [6, 6.07) is 9.28. The van der Waals surface area contributed by atoms with Crippen LogP contribution in [0, 0.1) is 0 Å². The Kier molecular flexibility index (Phi) is 11.0. The average molecular weight is 558 g/mol. The van der Waals surface area contributed by atoms with Crippen LogP contribution >= 0.6 is 0 Å². The fourth-order valence-electron chi connectivity index (χ4n) is 5.03. The number of rotatable bonds is 6. The molecule has 0 aliphatic carbocycles. The number of benzene rings is 1. The van der Waals surface area contributed by atoms with E-state index in [-0.39, 0.29) is 76.7 Å². The molecule has 0 saturated carbocycles. The van der Waals surface area contributed by atoms with Crippen LogP contribution in [0.5, 0.6) is 0 Å². The van der Waals surface area contributed by atoms with E-state index in [1.54, 1.807) is 6.20 Å². The Morgan fingerprint density at radius 1 is 1.02 bits per heavy atom. The van der Waals surface area contributed by atoms with E-state index in [0.717, 1.165) is 6.54 Å². The molecule has 2 aliphatic heterocycles. The van der Waals surface area contributed by atoms with Gasteiger partial charge in [-0.25, -0.2) is 4.68 Å². The van der Waals surface area contributed by atoms with Gasteiger partial charge in [0.1, 0.15) is 12.6 Å². The van der Waals surface area contributed by atoms with Gasteiger partial charge in [0, 0.05) is 45.2 Å². The molecule has 4 rings (SSSR count). The predicted octanol–water partition coefficient (Wildman–Crippen LogP) is -0.998. The molecular weight excluding hydrogens is 518 g/mol. The standard InChI is InChI=1S/C27H39N7O6/c35-12-11-34-19-22(31-32-34)16-23-26(38)28-8-13-39-14-15-40-20-25(37)30-27(17-24(36)29-23)6-9-33(10-7-27)18-21-4-2-1-3-5-21/h1-5,19,23,35H,6-18,20H2,(H,28,38)(H,29,36)(H,30,37)/t23-/m1/s1. The number of nitrogens with zero attached hydrogens (tertiary/aromatic N) is 4. The monoisotopic (exact) mass is 557 g/mol. The third-order valence-corrected chi connectivity index (χ3v) is 7.10. The Bertz CT molecular complexity index is 1100. The second kappa shape index (κ2) is 14.8. The minimum Gasteiger partial charge on any atom is -0.394 e. The van der Waals surface area contributed by atoms with Gasteiger partial charge in [0.15, 0.2) is 0 Å². The van der Waals surface area contributed by atoms with Crippen molar-refractivity contribution in [1.29, 1.82) is 0 Å². The van der Waals surface area contributed by atoms with Crippen molar-refractivity contribution in [3.63, 3.8) is 0 Å². The topological polar surface area (TPSA) is 160 Å². The highest BCUT2D eigenvalue weighted by molar-refractivity contribution is 5.88. The molecule has 218 valence electrons. The molecule has 2 fully saturated rings. The fourth-order valence-corrected chi connectivity index (χ4v) is 5.03. The SMILES string of the molecule is O=C1CC2(CCN(Cc3ccccc3)CC2)NC(=O)COCCOCCNC(=O)[C@@H](Cc2cn(CCO)nn2)N1. The van der Waals surface area contributed by atoms with Gasteiger partial charge < -0.3 is 30.5 Å². The van der Waals surface area contributed by atoms with Gasteiger partial charge in [0.2, 0.25) is 17.7 Å². The van der Waals surface area contributed by atoms with Gasteiger partial charge in [-0.15, -0.1) is 5.10 Å². The molecule has 2 aromatic rings. The molecule has 2 aliphatic rings. The van der Waals surface area contributed by atoms with Crippen molar-refractivity contribution >= 4 is 17.7 Å². The van der Waals surface area contributed by atoms with Crippen LogP contribution in [0.1, 0.15) is 30.5 Å². The molecule has 1 aromatic heterocycles. The molecule has 3 heterocycles. The number of aromatic nitrogens is 3. The maximum Gasteiger partial charge on any atom is 0.246 e. The molecule has 1 atom stereocenters. The molecule has 13 heteroatoms. The number of carbonyl (C=O) groups excluding carboxylic acids is 3. The lowest BCUT2D eigenvalue weighted by Crippen LogP contribution is -2.59. The summed E-state index contributed by atoms with van der Waals surface area (Å²) in [6.45, 7) is 3.31. The number of ether oxygens (including phenoxy) is 2. The van der Waals surface area contributed by atoms with E-state index in [1.165, 1.54) is 10.2 Å². The summed E-state index contributed by atoms with van der Waals surface area (Å²) in [5.41, 5.74) is 0.948. The van der Waals surface area contributed by atoms with Gasteiger partial charge in [-0.05, 0) is 18.4 Å². The van der Waals surface area contributed by atoms with Crippen molar-refractivity contribution < 1.29 is 29.0 Å². The molecule has 13 nitrogen and oxygen atoms in total. The Morgan fingerprint density at radius 3 is 2.58 bits per heavy atom. The van der Waals surface area contributed by atoms with Crippen LogP contribution in [0.3, 0.4) is 0 Å². The van der Waals surface area contributed by atoms with Crippen LogP contribution in [0.4, 0.5) is 0 Å². The summed E-state index contributed by atoms with van der Waals surface area (Å²) in [5.74, 6) is -0.997. The van der Waals surface area contributed by atoms with Gasteiger partial charge in [-0.1, -0.05) is 35.5 Å². The predicted molar refractivity (Wildman–Crippen MR) is 144 cm³/mol. The average Bonchev–Trinajstić information content (AvgIpc) is 3.38. The van der Waals surface area contributed by atoms with Crippen LogP contribution in [0.15, 0.2) is 36.5 Å². The lowest BCUT2D eigenvalue weighted by molar-refractivity contribution is -0.133. The number of aliphatic hydroxyl groups excluding tert-OH is 1. The summed E-state index contributed by atoms with van der Waals surface area (Å²) in [5, 5.41) is 25.9. The highest BCUT2D eigenvalue weighted by atomic mass is 16.5. The first-order chi connectivity index (χ1) is 19.4. The quantitative estimate of drug-likeness (QED) is 0.349. The molecule has 2 saturated heterocycles. The lowest BCUT2D eigenvalue weighted by Gasteiger charge is -2.42. The Morgan fingerprint density at radius 2 is 1.80 bits per heavy atom. The number of hydrogen-bond acceptors (Lipinski definition) is 9. The van der Waals surface area contributed by atoms with Crippen molar-refractivity contribution in [2.75, 3.05) is 52.7 Å². The first-order valence-corrected chi connectivity index (χ1v) is 13.7. The number of hydrogen-bond donors (Lipinski definition) is 4. The van der Waals surface area contributed by atoms with Gasteiger partial charge in [0.25, 0.3) is 0 Å². The van der Waals surface area contributed by atoms with Crippen molar-refractivity contribution in [3.8, 4) is 0 Å². The van der Waals surface area contributed by atoms with Crippen LogP contribution in [-0.4, -0.2) is 107 Å². The second-order valence-electron chi connectivity index (χ2n) is 10.2. The van der Waals surface area contributed by atoms with E-state index in [0.29, 0.717) is 31.6 Å². The van der Waals surface area contributed by atoms with Crippen molar-refractivity contribution in [2.45, 2.75) is 50.4 Å². The van der Waals surface area contributed by atoms with E-state index in [2.05, 4.69) is 43.3 Å². The van der Waals surface area contributed by atoms with E-state index in [4.69, 9.17) is 14.6 Å². The zero-order valence-electron chi connectivity index (χ0n) is 22.7. The minimum absolute atomic E-state index is 0.0298. The maximum atomic E-state index is 13.4. The molecule has 3 amide bonds. The molecule has 0 bridgehead atoms. The molecule has 1 spiro atoms. The van der Waals surface area contributed by atoms with Crippen LogP contribution in [-0.2, 0) is 43.4 Å². The van der Waals surface area contributed by atoms with Gasteiger partial charge in [-0.3, -0.25) is 19.3 Å². The Balaban J connectivity index is 1.46. The van der Waals surface area contributed by atoms with Crippen molar-refractivity contribution in [1.82, 2.24) is 35.8 Å². The van der Waals surface area contributed by atoms with E-state index in [9.17, 15) is 14.4 Å². The number of likely N-dealkylation sites (tertiary alicyclic amines) is 1. The molecule has 40 heavy (non-hydrogen) atoms. The first-order valence-electron chi connectivity index (χ1n) is 13.7. The zero-order chi connectivity index (χ0) is 28.2. The summed E-state index contributed by atoms with van der Waals surface area (Å²) >= 11 is 0. The largest absolute Gasteiger partial charge is 0.394 e. The summed E-state index contributed by atoms with van der Waals surface area (Å²) < 4.78 is 12.4. The molecule has 4 N–H and O–H groups in total.